The molecule has 114 valence electrons. The zero-order valence-electron chi connectivity index (χ0n) is 12.5. The van der Waals surface area contributed by atoms with Crippen molar-refractivity contribution in [3.8, 4) is 5.69 Å². The van der Waals surface area contributed by atoms with Crippen LogP contribution in [0.15, 0.2) is 43.0 Å². The lowest BCUT2D eigenvalue weighted by Gasteiger charge is -2.42. The minimum atomic E-state index is 0.149. The molecular weight excluding hydrogens is 276 g/mol. The predicted octanol–water partition coefficient (Wildman–Crippen LogP) is 1.84. The molecular formula is C17H20N4O. The molecule has 2 aromatic rings. The van der Waals surface area contributed by atoms with Crippen LogP contribution in [0.2, 0.25) is 0 Å². The van der Waals surface area contributed by atoms with Gasteiger partial charge in [0.25, 0.3) is 5.91 Å². The molecule has 0 spiro atoms. The van der Waals surface area contributed by atoms with Gasteiger partial charge in [0, 0.05) is 48.8 Å². The van der Waals surface area contributed by atoms with Gasteiger partial charge >= 0.3 is 0 Å². The number of nitrogens with one attached hydrogen (secondary N) is 1. The van der Waals surface area contributed by atoms with Crippen LogP contribution < -0.4 is 5.32 Å². The van der Waals surface area contributed by atoms with Crippen LogP contribution in [-0.2, 0) is 0 Å². The van der Waals surface area contributed by atoms with Crippen LogP contribution in [0.25, 0.3) is 5.69 Å². The maximum absolute atomic E-state index is 12.7. The van der Waals surface area contributed by atoms with Gasteiger partial charge in [0.2, 0.25) is 0 Å². The first-order valence-corrected chi connectivity index (χ1v) is 7.93. The topological polar surface area (TPSA) is 50.2 Å². The molecule has 0 aliphatic carbocycles. The number of hydrogen-bond acceptors (Lipinski definition) is 3. The number of aromatic nitrogens is 2. The molecule has 1 aromatic carbocycles. The molecule has 2 bridgehead atoms. The van der Waals surface area contributed by atoms with E-state index < -0.39 is 0 Å². The summed E-state index contributed by atoms with van der Waals surface area (Å²) < 4.78 is 1.93. The molecule has 1 amide bonds. The molecule has 3 heterocycles. The van der Waals surface area contributed by atoms with Gasteiger partial charge in [-0.05, 0) is 37.1 Å². The molecule has 0 saturated carbocycles. The molecule has 2 aliphatic rings. The number of amides is 1. The number of imidazole rings is 1. The Bertz CT molecular complexity index is 638. The van der Waals surface area contributed by atoms with Gasteiger partial charge in [-0.2, -0.15) is 0 Å². The van der Waals surface area contributed by atoms with Crippen LogP contribution in [0.3, 0.4) is 0 Å². The van der Waals surface area contributed by atoms with E-state index in [1.807, 2.05) is 39.9 Å². The first kappa shape index (κ1) is 13.5. The molecule has 1 N–H and O–H groups in total. The van der Waals surface area contributed by atoms with Crippen molar-refractivity contribution in [1.82, 2.24) is 19.8 Å². The first-order valence-electron chi connectivity index (χ1n) is 7.93. The Hall–Kier alpha value is -2.14. The second-order valence-corrected chi connectivity index (χ2v) is 6.22. The molecule has 4 rings (SSSR count). The molecule has 2 fully saturated rings. The number of rotatable bonds is 2. The van der Waals surface area contributed by atoms with Gasteiger partial charge in [-0.15, -0.1) is 0 Å². The average Bonchev–Trinajstić information content (AvgIpc) is 3.08. The fraction of sp³-hybridized carbons (Fsp3) is 0.412. The zero-order valence-corrected chi connectivity index (χ0v) is 12.5. The highest BCUT2D eigenvalue weighted by Crippen LogP contribution is 2.21. The second-order valence-electron chi connectivity index (χ2n) is 6.22. The van der Waals surface area contributed by atoms with Crippen molar-refractivity contribution in [2.75, 3.05) is 13.1 Å². The number of carbonyl (C=O) groups is 1. The highest BCUT2D eigenvalue weighted by molar-refractivity contribution is 5.94. The van der Waals surface area contributed by atoms with E-state index >= 15 is 0 Å². The number of fused-ring (bicyclic) bond motifs is 2. The Balaban J connectivity index is 1.50. The number of benzene rings is 1. The zero-order chi connectivity index (χ0) is 14.9. The molecule has 5 heteroatoms. The predicted molar refractivity (Wildman–Crippen MR) is 84.0 cm³/mol. The summed E-state index contributed by atoms with van der Waals surface area (Å²) in [5.41, 5.74) is 1.79. The maximum atomic E-state index is 12.7. The largest absolute Gasteiger partial charge is 0.336 e. The van der Waals surface area contributed by atoms with E-state index in [-0.39, 0.29) is 5.91 Å². The number of piperidine rings is 1. The summed E-state index contributed by atoms with van der Waals surface area (Å²) in [7, 11) is 0. The van der Waals surface area contributed by atoms with Crippen molar-refractivity contribution in [2.45, 2.75) is 31.3 Å². The Labute approximate surface area is 130 Å². The van der Waals surface area contributed by atoms with Crippen molar-refractivity contribution < 1.29 is 4.79 Å². The van der Waals surface area contributed by atoms with Crippen LogP contribution in [0.5, 0.6) is 0 Å². The Kier molecular flexibility index (Phi) is 3.42. The molecule has 2 atom stereocenters. The van der Waals surface area contributed by atoms with Crippen LogP contribution in [0.4, 0.5) is 0 Å². The van der Waals surface area contributed by atoms with Gasteiger partial charge in [-0.1, -0.05) is 6.42 Å². The SMILES string of the molecule is O=C(c1ccc(-n2ccnc2)cc1)N1CC2CCCC(C1)N2. The number of piperazine rings is 1. The first-order chi connectivity index (χ1) is 10.8. The van der Waals surface area contributed by atoms with Gasteiger partial charge in [0.1, 0.15) is 0 Å². The van der Waals surface area contributed by atoms with E-state index in [1.165, 1.54) is 19.3 Å². The Morgan fingerprint density at radius 3 is 2.50 bits per heavy atom. The lowest BCUT2D eigenvalue weighted by molar-refractivity contribution is 0.0608. The summed E-state index contributed by atoms with van der Waals surface area (Å²) in [5, 5.41) is 3.61. The molecule has 0 radical (unpaired) electrons. The molecule has 5 nitrogen and oxygen atoms in total. The van der Waals surface area contributed by atoms with Crippen molar-refractivity contribution in [3.05, 3.63) is 48.5 Å². The standard InChI is InChI=1S/C17H20N4O/c22-17(21-10-14-2-1-3-15(11-21)19-14)13-4-6-16(7-5-13)20-9-8-18-12-20/h4-9,12,14-15,19H,1-3,10-11H2. The number of carbonyl (C=O) groups excluding carboxylic acids is 1. The Morgan fingerprint density at radius 1 is 1.14 bits per heavy atom. The lowest BCUT2D eigenvalue weighted by Crippen LogP contribution is -2.59. The van der Waals surface area contributed by atoms with Crippen molar-refractivity contribution in [1.29, 1.82) is 0 Å². The normalized spacial score (nSPS) is 24.3. The van der Waals surface area contributed by atoms with E-state index in [9.17, 15) is 4.79 Å². The van der Waals surface area contributed by atoms with Crippen LogP contribution in [-0.4, -0.2) is 45.5 Å². The van der Waals surface area contributed by atoms with Crippen molar-refractivity contribution in [3.63, 3.8) is 0 Å². The lowest BCUT2D eigenvalue weighted by atomic mass is 9.94. The van der Waals surface area contributed by atoms with Gasteiger partial charge in [0.05, 0.1) is 6.33 Å². The summed E-state index contributed by atoms with van der Waals surface area (Å²) in [6.45, 7) is 1.66. The smallest absolute Gasteiger partial charge is 0.253 e. The van der Waals surface area contributed by atoms with E-state index in [1.54, 1.807) is 12.5 Å². The molecule has 2 unspecified atom stereocenters. The van der Waals surface area contributed by atoms with E-state index in [4.69, 9.17) is 0 Å². The summed E-state index contributed by atoms with van der Waals surface area (Å²) in [4.78, 5) is 18.8. The van der Waals surface area contributed by atoms with Crippen molar-refractivity contribution in [2.24, 2.45) is 0 Å². The summed E-state index contributed by atoms with van der Waals surface area (Å²) in [6, 6.07) is 8.71. The van der Waals surface area contributed by atoms with Crippen LogP contribution >= 0.6 is 0 Å². The molecule has 2 saturated heterocycles. The highest BCUT2D eigenvalue weighted by atomic mass is 16.2. The number of likely N-dealkylation sites (tertiary alicyclic amines) is 1. The van der Waals surface area contributed by atoms with Crippen LogP contribution in [0, 0.1) is 0 Å². The second kappa shape index (κ2) is 5.57. The quantitative estimate of drug-likeness (QED) is 0.920. The minimum absolute atomic E-state index is 0.149. The third-order valence-electron chi connectivity index (χ3n) is 4.66. The van der Waals surface area contributed by atoms with E-state index in [0.29, 0.717) is 12.1 Å². The summed E-state index contributed by atoms with van der Waals surface area (Å²) in [6.07, 6.45) is 9.05. The maximum Gasteiger partial charge on any atom is 0.253 e. The minimum Gasteiger partial charge on any atom is -0.336 e. The average molecular weight is 296 g/mol. The van der Waals surface area contributed by atoms with E-state index in [2.05, 4.69) is 10.3 Å². The van der Waals surface area contributed by atoms with Crippen LogP contribution in [0.1, 0.15) is 29.6 Å². The molecule has 1 aromatic heterocycles. The third-order valence-corrected chi connectivity index (χ3v) is 4.66. The highest BCUT2D eigenvalue weighted by Gasteiger charge is 2.32. The van der Waals surface area contributed by atoms with Gasteiger partial charge < -0.3 is 14.8 Å². The summed E-state index contributed by atoms with van der Waals surface area (Å²) >= 11 is 0. The fourth-order valence-electron chi connectivity index (χ4n) is 3.54. The van der Waals surface area contributed by atoms with Gasteiger partial charge in [-0.25, -0.2) is 4.98 Å². The fourth-order valence-corrected chi connectivity index (χ4v) is 3.54. The van der Waals surface area contributed by atoms with Gasteiger partial charge in [0.15, 0.2) is 0 Å². The molecule has 2 aliphatic heterocycles. The Morgan fingerprint density at radius 2 is 1.86 bits per heavy atom. The third kappa shape index (κ3) is 2.52. The van der Waals surface area contributed by atoms with Gasteiger partial charge in [-0.3, -0.25) is 4.79 Å². The molecule has 22 heavy (non-hydrogen) atoms. The van der Waals surface area contributed by atoms with E-state index in [0.717, 1.165) is 24.3 Å². The van der Waals surface area contributed by atoms with Crippen molar-refractivity contribution >= 4 is 5.91 Å². The monoisotopic (exact) mass is 296 g/mol. The number of nitrogens with zero attached hydrogens (tertiary/aromatic N) is 3. The summed E-state index contributed by atoms with van der Waals surface area (Å²) in [5.74, 6) is 0.149. The number of hydrogen-bond donors (Lipinski definition) is 1.